The van der Waals surface area contributed by atoms with Crippen LogP contribution in [-0.2, 0) is 6.42 Å². The molecule has 0 aliphatic carbocycles. The zero-order chi connectivity index (χ0) is 11.7. The first kappa shape index (κ1) is 10.6. The summed E-state index contributed by atoms with van der Waals surface area (Å²) in [7, 11) is 0. The lowest BCUT2D eigenvalue weighted by Gasteiger charge is -2.07. The highest BCUT2D eigenvalue weighted by molar-refractivity contribution is 5.98. The molecule has 0 aliphatic heterocycles. The second-order valence-electron chi connectivity index (χ2n) is 3.82. The molecule has 3 nitrogen and oxygen atoms in total. The molecule has 0 saturated heterocycles. The third-order valence-corrected chi connectivity index (χ3v) is 2.79. The Bertz CT molecular complexity index is 561. The summed E-state index contributed by atoms with van der Waals surface area (Å²) < 4.78 is 0. The van der Waals surface area contributed by atoms with Gasteiger partial charge in [0, 0.05) is 5.39 Å². The minimum atomic E-state index is -0.419. The number of hydrogen-bond acceptors (Lipinski definition) is 2. The van der Waals surface area contributed by atoms with E-state index >= 15 is 0 Å². The number of nitrogens with zero attached hydrogens (tertiary/aromatic N) is 1. The van der Waals surface area contributed by atoms with E-state index in [1.54, 1.807) is 6.92 Å². The second-order valence-corrected chi connectivity index (χ2v) is 3.82. The summed E-state index contributed by atoms with van der Waals surface area (Å²) in [5.41, 5.74) is 8.62. The Morgan fingerprint density at radius 2 is 2.19 bits per heavy atom. The molecule has 16 heavy (non-hydrogen) atoms. The minimum absolute atomic E-state index is 0.419. The van der Waals surface area contributed by atoms with Crippen LogP contribution < -0.4 is 5.73 Å². The zero-order valence-electron chi connectivity index (χ0n) is 9.45. The van der Waals surface area contributed by atoms with Crippen molar-refractivity contribution in [3.63, 3.8) is 0 Å². The van der Waals surface area contributed by atoms with Gasteiger partial charge in [-0.25, -0.2) is 0 Å². The van der Waals surface area contributed by atoms with Crippen LogP contribution in [0.2, 0.25) is 0 Å². The minimum Gasteiger partial charge on any atom is -0.366 e. The number of benzene rings is 1. The fraction of sp³-hybridized carbons (Fsp3) is 0.231. The molecular weight excluding hydrogens is 200 g/mol. The molecule has 2 rings (SSSR count). The summed E-state index contributed by atoms with van der Waals surface area (Å²) >= 11 is 0. The van der Waals surface area contributed by atoms with Crippen LogP contribution in [0.1, 0.15) is 28.5 Å². The number of nitrogens with two attached hydrogens (primary N) is 1. The summed E-state index contributed by atoms with van der Waals surface area (Å²) in [5.74, 6) is -0.419. The SMILES string of the molecule is CCc1cccc2nc(C)c(C(N)=O)cc12. The standard InChI is InChI=1S/C13H14N2O/c1-3-9-5-4-6-12-11(9)7-10(13(14)16)8(2)15-12/h4-7H,3H2,1-2H3,(H2,14,16). The van der Waals surface area contributed by atoms with Gasteiger partial charge in [-0.3, -0.25) is 9.78 Å². The molecular formula is C13H14N2O. The van der Waals surface area contributed by atoms with Crippen LogP contribution in [0.5, 0.6) is 0 Å². The van der Waals surface area contributed by atoms with E-state index in [0.29, 0.717) is 11.3 Å². The molecule has 0 atom stereocenters. The van der Waals surface area contributed by atoms with Crippen molar-refractivity contribution in [2.45, 2.75) is 20.3 Å². The van der Waals surface area contributed by atoms with Crippen molar-refractivity contribution in [2.75, 3.05) is 0 Å². The molecule has 82 valence electrons. The highest BCUT2D eigenvalue weighted by atomic mass is 16.1. The number of rotatable bonds is 2. The quantitative estimate of drug-likeness (QED) is 0.833. The molecule has 0 saturated carbocycles. The summed E-state index contributed by atoms with van der Waals surface area (Å²) in [5, 5.41) is 1.02. The van der Waals surface area contributed by atoms with E-state index in [-0.39, 0.29) is 0 Å². The van der Waals surface area contributed by atoms with E-state index in [9.17, 15) is 4.79 Å². The average Bonchev–Trinajstić information content (AvgIpc) is 2.26. The molecule has 0 spiro atoms. The van der Waals surface area contributed by atoms with Crippen LogP contribution >= 0.6 is 0 Å². The van der Waals surface area contributed by atoms with Crippen molar-refractivity contribution in [1.82, 2.24) is 4.98 Å². The van der Waals surface area contributed by atoms with E-state index in [0.717, 1.165) is 17.3 Å². The van der Waals surface area contributed by atoms with Gasteiger partial charge in [0.25, 0.3) is 5.91 Å². The Hall–Kier alpha value is -1.90. The lowest BCUT2D eigenvalue weighted by molar-refractivity contribution is 0.0999. The maximum atomic E-state index is 11.2. The molecule has 0 radical (unpaired) electrons. The van der Waals surface area contributed by atoms with Crippen molar-refractivity contribution >= 4 is 16.8 Å². The van der Waals surface area contributed by atoms with Crippen molar-refractivity contribution in [3.8, 4) is 0 Å². The molecule has 1 aromatic heterocycles. The predicted molar refractivity (Wildman–Crippen MR) is 64.4 cm³/mol. The third kappa shape index (κ3) is 1.65. The highest BCUT2D eigenvalue weighted by Gasteiger charge is 2.09. The van der Waals surface area contributed by atoms with Crippen LogP contribution in [0.15, 0.2) is 24.3 Å². The Labute approximate surface area is 94.3 Å². The molecule has 0 bridgehead atoms. The van der Waals surface area contributed by atoms with Crippen molar-refractivity contribution in [2.24, 2.45) is 5.73 Å². The van der Waals surface area contributed by atoms with E-state index in [1.807, 2.05) is 24.3 Å². The molecule has 1 amide bonds. The Morgan fingerprint density at radius 1 is 1.44 bits per heavy atom. The van der Waals surface area contributed by atoms with Crippen LogP contribution in [0, 0.1) is 6.92 Å². The smallest absolute Gasteiger partial charge is 0.250 e. The maximum Gasteiger partial charge on any atom is 0.250 e. The van der Waals surface area contributed by atoms with Gasteiger partial charge in [-0.2, -0.15) is 0 Å². The second kappa shape index (κ2) is 3.93. The summed E-state index contributed by atoms with van der Waals surface area (Å²) in [6, 6.07) is 7.83. The van der Waals surface area contributed by atoms with Gasteiger partial charge in [0.15, 0.2) is 0 Å². The summed E-state index contributed by atoms with van der Waals surface area (Å²) in [6.45, 7) is 3.89. The number of hydrogen-bond donors (Lipinski definition) is 1. The summed E-state index contributed by atoms with van der Waals surface area (Å²) in [4.78, 5) is 15.7. The van der Waals surface area contributed by atoms with Gasteiger partial charge in [-0.1, -0.05) is 19.1 Å². The van der Waals surface area contributed by atoms with Crippen molar-refractivity contribution < 1.29 is 4.79 Å². The van der Waals surface area contributed by atoms with Gasteiger partial charge in [-0.15, -0.1) is 0 Å². The number of pyridine rings is 1. The fourth-order valence-corrected chi connectivity index (χ4v) is 1.91. The number of carbonyl (C=O) groups is 1. The number of fused-ring (bicyclic) bond motifs is 1. The number of primary amides is 1. The Balaban J connectivity index is 2.80. The van der Waals surface area contributed by atoms with E-state index in [4.69, 9.17) is 5.73 Å². The van der Waals surface area contributed by atoms with Gasteiger partial charge in [-0.05, 0) is 31.0 Å². The first-order valence-corrected chi connectivity index (χ1v) is 5.32. The first-order chi connectivity index (χ1) is 7.63. The fourth-order valence-electron chi connectivity index (χ4n) is 1.91. The molecule has 2 aromatic rings. The molecule has 3 heteroatoms. The molecule has 1 aromatic carbocycles. The lowest BCUT2D eigenvalue weighted by Crippen LogP contribution is -2.13. The van der Waals surface area contributed by atoms with E-state index in [2.05, 4.69) is 11.9 Å². The molecule has 0 fully saturated rings. The average molecular weight is 214 g/mol. The van der Waals surface area contributed by atoms with Crippen LogP contribution in [0.3, 0.4) is 0 Å². The van der Waals surface area contributed by atoms with E-state index < -0.39 is 5.91 Å². The van der Waals surface area contributed by atoms with Gasteiger partial charge < -0.3 is 5.73 Å². The van der Waals surface area contributed by atoms with Crippen LogP contribution in [0.25, 0.3) is 10.9 Å². The largest absolute Gasteiger partial charge is 0.366 e. The maximum absolute atomic E-state index is 11.2. The number of aryl methyl sites for hydroxylation is 2. The monoisotopic (exact) mass is 214 g/mol. The molecule has 0 unspecified atom stereocenters. The van der Waals surface area contributed by atoms with Gasteiger partial charge in [0.2, 0.25) is 0 Å². The predicted octanol–water partition coefficient (Wildman–Crippen LogP) is 2.20. The number of aromatic nitrogens is 1. The third-order valence-electron chi connectivity index (χ3n) is 2.79. The van der Waals surface area contributed by atoms with Gasteiger partial charge in [0.1, 0.15) is 0 Å². The first-order valence-electron chi connectivity index (χ1n) is 5.32. The lowest BCUT2D eigenvalue weighted by atomic mass is 10.0. The van der Waals surface area contributed by atoms with Crippen molar-refractivity contribution in [3.05, 3.63) is 41.1 Å². The van der Waals surface area contributed by atoms with Crippen molar-refractivity contribution in [1.29, 1.82) is 0 Å². The van der Waals surface area contributed by atoms with Crippen LogP contribution in [0.4, 0.5) is 0 Å². The highest BCUT2D eigenvalue weighted by Crippen LogP contribution is 2.20. The van der Waals surface area contributed by atoms with Gasteiger partial charge in [0.05, 0.1) is 16.8 Å². The van der Waals surface area contributed by atoms with Gasteiger partial charge >= 0.3 is 0 Å². The van der Waals surface area contributed by atoms with Crippen LogP contribution in [-0.4, -0.2) is 10.9 Å². The number of amides is 1. The summed E-state index contributed by atoms with van der Waals surface area (Å²) in [6.07, 6.45) is 0.917. The molecule has 0 aliphatic rings. The zero-order valence-corrected chi connectivity index (χ0v) is 9.45. The van der Waals surface area contributed by atoms with E-state index in [1.165, 1.54) is 5.56 Å². The number of carbonyl (C=O) groups excluding carboxylic acids is 1. The Kier molecular flexibility index (Phi) is 2.60. The Morgan fingerprint density at radius 3 is 2.81 bits per heavy atom. The normalized spacial score (nSPS) is 10.6. The topological polar surface area (TPSA) is 56.0 Å². The molecule has 2 N–H and O–H groups in total. The molecule has 1 heterocycles.